The van der Waals surface area contributed by atoms with E-state index in [2.05, 4.69) is 29.8 Å². The van der Waals surface area contributed by atoms with Crippen LogP contribution in [0.15, 0.2) is 59.8 Å². The number of allylic oxidation sites excluding steroid dienone is 1. The van der Waals surface area contributed by atoms with Gasteiger partial charge in [0, 0.05) is 16.4 Å². The molecule has 3 N–H and O–H groups in total. The van der Waals surface area contributed by atoms with Crippen LogP contribution < -0.4 is 16.0 Å². The number of carbonyl (C=O) groups excluding carboxylic acids is 2. The zero-order valence-corrected chi connectivity index (χ0v) is 16.2. The summed E-state index contributed by atoms with van der Waals surface area (Å²) in [6, 6.07) is 14.0. The molecule has 27 heavy (non-hydrogen) atoms. The van der Waals surface area contributed by atoms with Gasteiger partial charge in [-0.25, -0.2) is 4.79 Å². The van der Waals surface area contributed by atoms with Crippen molar-refractivity contribution in [2.24, 2.45) is 0 Å². The van der Waals surface area contributed by atoms with Gasteiger partial charge >= 0.3 is 6.03 Å². The topological polar surface area (TPSA) is 70.2 Å². The van der Waals surface area contributed by atoms with Crippen molar-refractivity contribution in [1.29, 1.82) is 0 Å². The van der Waals surface area contributed by atoms with E-state index < -0.39 is 6.04 Å². The molecule has 0 saturated carbocycles. The van der Waals surface area contributed by atoms with Crippen molar-refractivity contribution >= 4 is 29.2 Å². The normalized spacial score (nSPS) is 16.8. The second-order valence-corrected chi connectivity index (χ2v) is 7.29. The van der Waals surface area contributed by atoms with Gasteiger partial charge in [0.15, 0.2) is 0 Å². The number of benzene rings is 2. The molecule has 0 aliphatic carbocycles. The summed E-state index contributed by atoms with van der Waals surface area (Å²) in [6.45, 7) is 5.96. The third-order valence-electron chi connectivity index (χ3n) is 4.53. The molecule has 0 fully saturated rings. The van der Waals surface area contributed by atoms with Crippen LogP contribution in [0.25, 0.3) is 0 Å². The Bertz CT molecular complexity index is 904. The van der Waals surface area contributed by atoms with Crippen LogP contribution in [0, 0.1) is 0 Å². The first kappa shape index (κ1) is 19.0. The third-order valence-corrected chi connectivity index (χ3v) is 4.77. The fraction of sp³-hybridized carbons (Fsp3) is 0.238. The van der Waals surface area contributed by atoms with Crippen molar-refractivity contribution < 1.29 is 9.59 Å². The number of amides is 3. The molecule has 1 unspecified atom stereocenters. The predicted octanol–water partition coefficient (Wildman–Crippen LogP) is 4.73. The van der Waals surface area contributed by atoms with Crippen LogP contribution in [-0.2, 0) is 4.79 Å². The van der Waals surface area contributed by atoms with Crippen molar-refractivity contribution in [3.05, 3.63) is 76.0 Å². The molecular weight excluding hydrogens is 362 g/mol. The first-order valence-electron chi connectivity index (χ1n) is 8.80. The van der Waals surface area contributed by atoms with E-state index in [-0.39, 0.29) is 11.9 Å². The first-order chi connectivity index (χ1) is 12.8. The molecule has 2 aromatic carbocycles. The third kappa shape index (κ3) is 4.31. The molecule has 140 valence electrons. The summed E-state index contributed by atoms with van der Waals surface area (Å²) >= 11 is 5.99. The second kappa shape index (κ2) is 7.84. The molecule has 2 aromatic rings. The van der Waals surface area contributed by atoms with E-state index in [1.807, 2.05) is 24.3 Å². The van der Waals surface area contributed by atoms with Crippen LogP contribution in [0.2, 0.25) is 5.02 Å². The Balaban J connectivity index is 1.92. The molecule has 5 nitrogen and oxygen atoms in total. The van der Waals surface area contributed by atoms with E-state index in [9.17, 15) is 9.59 Å². The summed E-state index contributed by atoms with van der Waals surface area (Å²) in [6.07, 6.45) is 0. The van der Waals surface area contributed by atoms with Gasteiger partial charge in [0.2, 0.25) is 0 Å². The molecule has 6 heteroatoms. The van der Waals surface area contributed by atoms with Crippen LogP contribution in [0.1, 0.15) is 43.9 Å². The number of hydrogen-bond donors (Lipinski definition) is 3. The summed E-state index contributed by atoms with van der Waals surface area (Å²) in [7, 11) is 0. The van der Waals surface area contributed by atoms with Crippen molar-refractivity contribution in [1.82, 2.24) is 10.6 Å². The molecule has 0 saturated heterocycles. The van der Waals surface area contributed by atoms with Crippen molar-refractivity contribution in [2.45, 2.75) is 32.7 Å². The summed E-state index contributed by atoms with van der Waals surface area (Å²) in [5, 5.41) is 8.92. The summed E-state index contributed by atoms with van der Waals surface area (Å²) < 4.78 is 0. The lowest BCUT2D eigenvalue weighted by molar-refractivity contribution is -0.113. The number of urea groups is 1. The van der Waals surface area contributed by atoms with Gasteiger partial charge in [0.1, 0.15) is 0 Å². The summed E-state index contributed by atoms with van der Waals surface area (Å²) in [5.74, 6) is 0.116. The van der Waals surface area contributed by atoms with Crippen LogP contribution in [0.4, 0.5) is 10.5 Å². The maximum absolute atomic E-state index is 13.0. The highest BCUT2D eigenvalue weighted by Crippen LogP contribution is 2.29. The smallest absolute Gasteiger partial charge is 0.319 e. The largest absolute Gasteiger partial charge is 0.327 e. The van der Waals surface area contributed by atoms with E-state index in [0.717, 1.165) is 5.56 Å². The number of halogens is 1. The Morgan fingerprint density at radius 1 is 1.15 bits per heavy atom. The minimum absolute atomic E-state index is 0.291. The number of anilines is 1. The van der Waals surface area contributed by atoms with Gasteiger partial charge in [-0.15, -0.1) is 0 Å². The van der Waals surface area contributed by atoms with Crippen LogP contribution in [-0.4, -0.2) is 11.9 Å². The van der Waals surface area contributed by atoms with Gasteiger partial charge in [-0.3, -0.25) is 4.79 Å². The molecule has 1 aliphatic heterocycles. The minimum Gasteiger partial charge on any atom is -0.327 e. The molecule has 0 bridgehead atoms. The molecule has 0 aromatic heterocycles. The maximum Gasteiger partial charge on any atom is 0.319 e. The Morgan fingerprint density at radius 2 is 1.85 bits per heavy atom. The van der Waals surface area contributed by atoms with Gasteiger partial charge < -0.3 is 16.0 Å². The molecule has 0 spiro atoms. The van der Waals surface area contributed by atoms with Crippen molar-refractivity contribution in [3.8, 4) is 0 Å². The van der Waals surface area contributed by atoms with E-state index >= 15 is 0 Å². The monoisotopic (exact) mass is 383 g/mol. The highest BCUT2D eigenvalue weighted by molar-refractivity contribution is 6.31. The molecular formula is C21H22ClN3O2. The number of hydrogen-bond acceptors (Lipinski definition) is 2. The minimum atomic E-state index is -0.529. The Hall–Kier alpha value is -2.79. The van der Waals surface area contributed by atoms with E-state index in [4.69, 9.17) is 11.6 Å². The van der Waals surface area contributed by atoms with Gasteiger partial charge in [-0.2, -0.15) is 0 Å². The lowest BCUT2D eigenvalue weighted by Crippen LogP contribution is -2.45. The number of nitrogens with one attached hydrogen (secondary N) is 3. The second-order valence-electron chi connectivity index (χ2n) is 6.86. The van der Waals surface area contributed by atoms with Gasteiger partial charge in [-0.1, -0.05) is 55.8 Å². The highest BCUT2D eigenvalue weighted by atomic mass is 35.5. The fourth-order valence-corrected chi connectivity index (χ4v) is 3.27. The quantitative estimate of drug-likeness (QED) is 0.714. The Morgan fingerprint density at radius 3 is 2.48 bits per heavy atom. The lowest BCUT2D eigenvalue weighted by atomic mass is 9.92. The standard InChI is InChI=1S/C21H22ClN3O2/c1-12(2)14-7-9-15(10-8-14)19-18(13(3)23-21(27)25-19)20(26)24-17-6-4-5-16(22)11-17/h4-12,19H,1-3H3,(H,24,26)(H2,23,25,27). The molecule has 1 heterocycles. The first-order valence-corrected chi connectivity index (χ1v) is 9.18. The Kier molecular flexibility index (Phi) is 5.51. The van der Waals surface area contributed by atoms with Crippen LogP contribution in [0.5, 0.6) is 0 Å². The fourth-order valence-electron chi connectivity index (χ4n) is 3.08. The van der Waals surface area contributed by atoms with E-state index in [1.165, 1.54) is 5.56 Å². The van der Waals surface area contributed by atoms with E-state index in [1.54, 1.807) is 31.2 Å². The van der Waals surface area contributed by atoms with Crippen molar-refractivity contribution in [2.75, 3.05) is 5.32 Å². The SMILES string of the molecule is CC1=C(C(=O)Nc2cccc(Cl)c2)C(c2ccc(C(C)C)cc2)NC(=O)N1. The average molecular weight is 384 g/mol. The van der Waals surface area contributed by atoms with Crippen LogP contribution in [0.3, 0.4) is 0 Å². The summed E-state index contributed by atoms with van der Waals surface area (Å²) in [5.41, 5.74) is 3.64. The molecule has 0 radical (unpaired) electrons. The molecule has 1 atom stereocenters. The van der Waals surface area contributed by atoms with Gasteiger partial charge in [0.25, 0.3) is 5.91 Å². The summed E-state index contributed by atoms with van der Waals surface area (Å²) in [4.78, 5) is 24.9. The number of rotatable bonds is 4. The number of carbonyl (C=O) groups is 2. The van der Waals surface area contributed by atoms with Gasteiger partial charge in [-0.05, 0) is 42.2 Å². The molecule has 3 amide bonds. The Labute approximate surface area is 163 Å². The molecule has 1 aliphatic rings. The highest BCUT2D eigenvalue weighted by Gasteiger charge is 2.31. The molecule has 3 rings (SSSR count). The van der Waals surface area contributed by atoms with Gasteiger partial charge in [0.05, 0.1) is 11.6 Å². The zero-order chi connectivity index (χ0) is 19.6. The maximum atomic E-state index is 13.0. The lowest BCUT2D eigenvalue weighted by Gasteiger charge is -2.29. The van der Waals surface area contributed by atoms with Crippen LogP contribution >= 0.6 is 11.6 Å². The zero-order valence-electron chi connectivity index (χ0n) is 15.5. The van der Waals surface area contributed by atoms with Crippen molar-refractivity contribution in [3.63, 3.8) is 0 Å². The average Bonchev–Trinajstić information content (AvgIpc) is 2.61. The van der Waals surface area contributed by atoms with E-state index in [0.29, 0.717) is 27.9 Å². The predicted molar refractivity (Wildman–Crippen MR) is 108 cm³/mol.